The summed E-state index contributed by atoms with van der Waals surface area (Å²) in [6.07, 6.45) is 5.21. The number of aromatic nitrogens is 2. The van der Waals surface area contributed by atoms with Crippen LogP contribution in [-0.2, 0) is 16.1 Å². The summed E-state index contributed by atoms with van der Waals surface area (Å²) in [5, 5.41) is 0. The third kappa shape index (κ3) is 3.70. The molecular formula is C19H26N4O2. The highest BCUT2D eigenvalue weighted by Gasteiger charge is 2.29. The van der Waals surface area contributed by atoms with Crippen molar-refractivity contribution in [1.29, 1.82) is 0 Å². The lowest BCUT2D eigenvalue weighted by Crippen LogP contribution is -2.52. The number of nitrogens with zero attached hydrogens (tertiary/aromatic N) is 4. The number of carbonyl (C=O) groups is 1. The van der Waals surface area contributed by atoms with Crippen LogP contribution in [0.1, 0.15) is 19.3 Å². The van der Waals surface area contributed by atoms with Crippen molar-refractivity contribution in [2.24, 2.45) is 0 Å². The average molecular weight is 342 g/mol. The van der Waals surface area contributed by atoms with Gasteiger partial charge in [-0.15, -0.1) is 0 Å². The van der Waals surface area contributed by atoms with Gasteiger partial charge in [0.15, 0.2) is 0 Å². The van der Waals surface area contributed by atoms with Gasteiger partial charge < -0.3 is 14.2 Å². The maximum atomic E-state index is 13.0. The highest BCUT2D eigenvalue weighted by atomic mass is 16.5. The number of piperidine rings is 1. The van der Waals surface area contributed by atoms with Crippen LogP contribution < -0.4 is 0 Å². The van der Waals surface area contributed by atoms with Gasteiger partial charge in [-0.3, -0.25) is 9.69 Å². The van der Waals surface area contributed by atoms with E-state index in [1.807, 2.05) is 28.8 Å². The predicted molar refractivity (Wildman–Crippen MR) is 96.3 cm³/mol. The molecule has 0 radical (unpaired) electrons. The molecule has 1 aromatic heterocycles. The molecule has 2 saturated heterocycles. The van der Waals surface area contributed by atoms with Crippen LogP contribution in [0.2, 0.25) is 0 Å². The van der Waals surface area contributed by atoms with E-state index >= 15 is 0 Å². The summed E-state index contributed by atoms with van der Waals surface area (Å²) in [5.74, 6) is 0.209. The van der Waals surface area contributed by atoms with Crippen LogP contribution in [0.25, 0.3) is 11.0 Å². The van der Waals surface area contributed by atoms with Crippen LogP contribution in [0.4, 0.5) is 0 Å². The van der Waals surface area contributed by atoms with E-state index in [2.05, 4.69) is 14.8 Å². The number of likely N-dealkylation sites (tertiary alicyclic amines) is 1. The summed E-state index contributed by atoms with van der Waals surface area (Å²) >= 11 is 0. The van der Waals surface area contributed by atoms with E-state index < -0.39 is 0 Å². The van der Waals surface area contributed by atoms with E-state index in [1.165, 1.54) is 6.42 Å². The van der Waals surface area contributed by atoms with Gasteiger partial charge in [0.1, 0.15) is 6.54 Å². The zero-order valence-corrected chi connectivity index (χ0v) is 14.6. The lowest BCUT2D eigenvalue weighted by Gasteiger charge is -2.39. The molecule has 1 aromatic carbocycles. The van der Waals surface area contributed by atoms with E-state index in [0.717, 1.165) is 63.3 Å². The molecule has 25 heavy (non-hydrogen) atoms. The van der Waals surface area contributed by atoms with Crippen LogP contribution in [0.3, 0.4) is 0 Å². The lowest BCUT2D eigenvalue weighted by atomic mass is 10.0. The smallest absolute Gasteiger partial charge is 0.242 e. The Kier molecular flexibility index (Phi) is 4.99. The molecule has 4 rings (SSSR count). The monoisotopic (exact) mass is 342 g/mol. The zero-order valence-electron chi connectivity index (χ0n) is 14.6. The molecule has 2 aliphatic heterocycles. The van der Waals surface area contributed by atoms with Crippen molar-refractivity contribution in [3.8, 4) is 0 Å². The quantitative estimate of drug-likeness (QED) is 0.849. The number of hydrogen-bond acceptors (Lipinski definition) is 4. The normalized spacial score (nSPS) is 22.4. The van der Waals surface area contributed by atoms with E-state index in [9.17, 15) is 4.79 Å². The van der Waals surface area contributed by atoms with E-state index in [4.69, 9.17) is 4.74 Å². The maximum absolute atomic E-state index is 13.0. The first-order valence-electron chi connectivity index (χ1n) is 9.31. The SMILES string of the molecule is O=C(Cn1cnc2ccccc21)N1CCCCC1CN1CCOCC1. The molecular weight excluding hydrogens is 316 g/mol. The summed E-state index contributed by atoms with van der Waals surface area (Å²) in [6.45, 7) is 5.79. The van der Waals surface area contributed by atoms with Crippen LogP contribution in [0, 0.1) is 0 Å². The van der Waals surface area contributed by atoms with Crippen LogP contribution >= 0.6 is 0 Å². The minimum absolute atomic E-state index is 0.209. The van der Waals surface area contributed by atoms with E-state index in [0.29, 0.717) is 12.6 Å². The number of para-hydroxylation sites is 2. The summed E-state index contributed by atoms with van der Waals surface area (Å²) in [7, 11) is 0. The van der Waals surface area contributed by atoms with Gasteiger partial charge in [0.05, 0.1) is 30.6 Å². The number of rotatable bonds is 4. The molecule has 0 bridgehead atoms. The Bertz CT molecular complexity index is 723. The number of ether oxygens (including phenoxy) is 1. The second-order valence-corrected chi connectivity index (χ2v) is 7.01. The number of hydrogen-bond donors (Lipinski definition) is 0. The fourth-order valence-corrected chi connectivity index (χ4v) is 3.97. The zero-order chi connectivity index (χ0) is 17.1. The Balaban J connectivity index is 1.45. The Morgan fingerprint density at radius 1 is 1.16 bits per heavy atom. The molecule has 2 aliphatic rings. The first kappa shape index (κ1) is 16.5. The van der Waals surface area contributed by atoms with Gasteiger partial charge in [-0.2, -0.15) is 0 Å². The van der Waals surface area contributed by atoms with Gasteiger partial charge >= 0.3 is 0 Å². The standard InChI is InChI=1S/C19H26N4O2/c24-19(14-22-15-20-17-6-1-2-7-18(17)22)23-8-4-3-5-16(23)13-21-9-11-25-12-10-21/h1-2,6-7,15-16H,3-5,8-14H2. The fourth-order valence-electron chi connectivity index (χ4n) is 3.97. The van der Waals surface area contributed by atoms with Gasteiger partial charge in [0.2, 0.25) is 5.91 Å². The Morgan fingerprint density at radius 3 is 2.88 bits per heavy atom. The second kappa shape index (κ2) is 7.54. The lowest BCUT2D eigenvalue weighted by molar-refractivity contribution is -0.136. The largest absolute Gasteiger partial charge is 0.379 e. The van der Waals surface area contributed by atoms with Crippen molar-refractivity contribution in [2.75, 3.05) is 39.4 Å². The summed E-state index contributed by atoms with van der Waals surface area (Å²) < 4.78 is 7.41. The van der Waals surface area contributed by atoms with Crippen molar-refractivity contribution < 1.29 is 9.53 Å². The minimum Gasteiger partial charge on any atom is -0.379 e. The Morgan fingerprint density at radius 2 is 2.00 bits per heavy atom. The van der Waals surface area contributed by atoms with Crippen molar-refractivity contribution in [3.05, 3.63) is 30.6 Å². The van der Waals surface area contributed by atoms with Crippen LogP contribution in [-0.4, -0.2) is 70.7 Å². The third-order valence-corrected chi connectivity index (χ3v) is 5.35. The fraction of sp³-hybridized carbons (Fsp3) is 0.579. The van der Waals surface area contributed by atoms with Crippen molar-refractivity contribution >= 4 is 16.9 Å². The maximum Gasteiger partial charge on any atom is 0.242 e. The highest BCUT2D eigenvalue weighted by molar-refractivity contribution is 5.80. The third-order valence-electron chi connectivity index (χ3n) is 5.35. The molecule has 0 aliphatic carbocycles. The van der Waals surface area contributed by atoms with Gasteiger partial charge in [0.25, 0.3) is 0 Å². The van der Waals surface area contributed by atoms with Crippen LogP contribution in [0.15, 0.2) is 30.6 Å². The molecule has 0 saturated carbocycles. The molecule has 6 heteroatoms. The molecule has 3 heterocycles. The van der Waals surface area contributed by atoms with Crippen molar-refractivity contribution in [3.63, 3.8) is 0 Å². The molecule has 1 amide bonds. The van der Waals surface area contributed by atoms with Gasteiger partial charge in [-0.1, -0.05) is 12.1 Å². The molecule has 0 N–H and O–H groups in total. The summed E-state index contributed by atoms with van der Waals surface area (Å²) in [4.78, 5) is 21.9. The second-order valence-electron chi connectivity index (χ2n) is 7.01. The number of benzene rings is 1. The first-order chi connectivity index (χ1) is 12.3. The minimum atomic E-state index is 0.209. The molecule has 1 unspecified atom stereocenters. The topological polar surface area (TPSA) is 50.6 Å². The van der Waals surface area contributed by atoms with E-state index in [1.54, 1.807) is 6.33 Å². The molecule has 6 nitrogen and oxygen atoms in total. The molecule has 134 valence electrons. The number of carbonyl (C=O) groups excluding carboxylic acids is 1. The highest BCUT2D eigenvalue weighted by Crippen LogP contribution is 2.20. The first-order valence-corrected chi connectivity index (χ1v) is 9.31. The number of fused-ring (bicyclic) bond motifs is 1. The number of amides is 1. The number of imidazole rings is 1. The van der Waals surface area contributed by atoms with Crippen LogP contribution in [0.5, 0.6) is 0 Å². The van der Waals surface area contributed by atoms with Crippen molar-refractivity contribution in [1.82, 2.24) is 19.4 Å². The van der Waals surface area contributed by atoms with Crippen molar-refractivity contribution in [2.45, 2.75) is 31.8 Å². The Labute approximate surface area is 148 Å². The predicted octanol–water partition coefficient (Wildman–Crippen LogP) is 1.75. The number of morpholine rings is 1. The van der Waals surface area contributed by atoms with Gasteiger partial charge in [-0.25, -0.2) is 4.98 Å². The molecule has 1 atom stereocenters. The van der Waals surface area contributed by atoms with Gasteiger partial charge in [0, 0.05) is 32.2 Å². The molecule has 0 spiro atoms. The Hall–Kier alpha value is -1.92. The average Bonchev–Trinajstić information content (AvgIpc) is 3.06. The summed E-state index contributed by atoms with van der Waals surface area (Å²) in [5.41, 5.74) is 1.97. The van der Waals surface area contributed by atoms with Gasteiger partial charge in [-0.05, 0) is 31.4 Å². The molecule has 2 aromatic rings. The molecule has 2 fully saturated rings. The summed E-state index contributed by atoms with van der Waals surface area (Å²) in [6, 6.07) is 8.31. The van der Waals surface area contributed by atoms with E-state index in [-0.39, 0.29) is 5.91 Å².